The molecule has 14 atom stereocenters. The molecule has 2 amide bonds. The number of nitrogens with one attached hydrogen (secondary N) is 1. The lowest BCUT2D eigenvalue weighted by atomic mass is 9.77. The summed E-state index contributed by atoms with van der Waals surface area (Å²) >= 11 is 0. The first-order valence-corrected chi connectivity index (χ1v) is 17.2. The van der Waals surface area contributed by atoms with Gasteiger partial charge >= 0.3 is 12.0 Å². The number of nitrogens with zero attached hydrogens (tertiary/aromatic N) is 2. The molecule has 0 saturated carbocycles. The van der Waals surface area contributed by atoms with Crippen LogP contribution in [0.1, 0.15) is 88.5 Å². The van der Waals surface area contributed by atoms with Crippen LogP contribution in [0.4, 0.5) is 4.79 Å². The Bertz CT molecular complexity index is 1010. The second-order valence-electron chi connectivity index (χ2n) is 15.1. The second kappa shape index (κ2) is 16.9. The van der Waals surface area contributed by atoms with Gasteiger partial charge in [0.2, 0.25) is 0 Å². The first kappa shape index (κ1) is 41.6. The van der Waals surface area contributed by atoms with Gasteiger partial charge in [-0.2, -0.15) is 0 Å². The van der Waals surface area contributed by atoms with Gasteiger partial charge in [0.05, 0.1) is 35.9 Å². The number of carbonyl (C=O) groups excluding carboxylic acids is 2. The number of amides is 2. The summed E-state index contributed by atoms with van der Waals surface area (Å²) in [4.78, 5) is 30.5. The highest BCUT2D eigenvalue weighted by atomic mass is 16.7. The molecule has 2 aliphatic heterocycles. The van der Waals surface area contributed by atoms with Gasteiger partial charge in [0.15, 0.2) is 6.29 Å². The highest BCUT2D eigenvalue weighted by Gasteiger charge is 2.51. The lowest BCUT2D eigenvalue weighted by Gasteiger charge is -2.48. The fourth-order valence-electron chi connectivity index (χ4n) is 7.28. The summed E-state index contributed by atoms with van der Waals surface area (Å²) in [5, 5.41) is 49.1. The molecule has 13 heteroatoms. The molecule has 0 aromatic heterocycles. The molecular formula is C34H65N3O10. The molecular weight excluding hydrogens is 610 g/mol. The van der Waals surface area contributed by atoms with Crippen LogP contribution in [-0.2, 0) is 23.7 Å². The van der Waals surface area contributed by atoms with Gasteiger partial charge < -0.3 is 54.5 Å². The van der Waals surface area contributed by atoms with Crippen molar-refractivity contribution in [3.8, 4) is 0 Å². The minimum atomic E-state index is -1.93. The van der Waals surface area contributed by atoms with E-state index in [-0.39, 0.29) is 37.1 Å². The molecule has 2 saturated heterocycles. The van der Waals surface area contributed by atoms with E-state index in [0.717, 1.165) is 0 Å². The molecule has 0 bridgehead atoms. The Morgan fingerprint density at radius 1 is 1.11 bits per heavy atom. The topological polar surface area (TPSA) is 170 Å². The van der Waals surface area contributed by atoms with Gasteiger partial charge in [0.25, 0.3) is 0 Å². The first-order chi connectivity index (χ1) is 21.6. The lowest BCUT2D eigenvalue weighted by Crippen LogP contribution is -2.62. The fraction of sp³-hybridized carbons (Fsp3) is 0.941. The molecule has 5 N–H and O–H groups in total. The number of ether oxygens (including phenoxy) is 4. The third kappa shape index (κ3) is 9.78. The number of carbonyl (C=O) groups is 2. The summed E-state index contributed by atoms with van der Waals surface area (Å²) in [6.45, 7) is 17.6. The van der Waals surface area contributed by atoms with Crippen molar-refractivity contribution in [2.45, 2.75) is 161 Å². The van der Waals surface area contributed by atoms with Crippen molar-refractivity contribution in [2.75, 3.05) is 27.7 Å². The van der Waals surface area contributed by atoms with E-state index < -0.39 is 77.9 Å². The number of methoxy groups -OCH3 is 1. The number of hydrogen-bond donors (Lipinski definition) is 5. The van der Waals surface area contributed by atoms with Gasteiger partial charge in [-0.15, -0.1) is 0 Å². The molecule has 0 aliphatic carbocycles. The third-order valence-electron chi connectivity index (χ3n) is 10.3. The van der Waals surface area contributed by atoms with E-state index in [4.69, 9.17) is 18.9 Å². The Hall–Kier alpha value is -1.58. The molecule has 13 nitrogen and oxygen atoms in total. The largest absolute Gasteiger partial charge is 0.459 e. The standard InChI is InChI=1S/C34H65N3O10/c1-14-25-34(10,43)28(40)23(8)37(32(42)35-18(2)3)17-19(4)16-33(9,44-13)29(21(6)26(38)22(7)30(41)46-25)47-31-27(39)24(36(11)12)15-20(5)45-31/h18-29,31,38-40,43H,14-17H2,1-13H3,(H,35,42)/t19-,20-,21+,22-,23-,24+,25-,26?,27-,28-,29-,31+,33?,34-/m1/s1. The first-order valence-electron chi connectivity index (χ1n) is 17.2. The van der Waals surface area contributed by atoms with Gasteiger partial charge in [-0.3, -0.25) is 4.79 Å². The van der Waals surface area contributed by atoms with Crippen molar-refractivity contribution < 1.29 is 49.0 Å². The van der Waals surface area contributed by atoms with Gasteiger partial charge in [0.1, 0.15) is 23.9 Å². The van der Waals surface area contributed by atoms with Gasteiger partial charge in [-0.1, -0.05) is 20.8 Å². The van der Waals surface area contributed by atoms with Crippen LogP contribution >= 0.6 is 0 Å². The van der Waals surface area contributed by atoms with Gasteiger partial charge in [0, 0.05) is 31.7 Å². The Morgan fingerprint density at radius 2 is 1.70 bits per heavy atom. The zero-order chi connectivity index (χ0) is 36.2. The SMILES string of the molecule is CC[C@H]1OC(=O)[C@H](C)C(O)[C@H](C)[C@@H](O[C@@H]2O[C@H](C)C[C@H](N(C)C)[C@H]2O)C(C)(OC)C[C@@H](C)CN(C(=O)NC(C)C)[C@H](C)[C@@H](O)[C@]1(C)O. The Morgan fingerprint density at radius 3 is 2.21 bits per heavy atom. The molecule has 2 aliphatic rings. The van der Waals surface area contributed by atoms with E-state index >= 15 is 0 Å². The minimum Gasteiger partial charge on any atom is -0.459 e. The van der Waals surface area contributed by atoms with Crippen molar-refractivity contribution in [1.29, 1.82) is 0 Å². The summed E-state index contributed by atoms with van der Waals surface area (Å²) in [5.74, 6) is -2.81. The van der Waals surface area contributed by atoms with Crippen molar-refractivity contribution in [3.05, 3.63) is 0 Å². The summed E-state index contributed by atoms with van der Waals surface area (Å²) in [7, 11) is 5.30. The molecule has 0 aromatic carbocycles. The number of urea groups is 1. The Kier molecular flexibility index (Phi) is 14.9. The number of likely N-dealkylation sites (N-methyl/N-ethyl adjacent to an activating group) is 1. The molecule has 0 aromatic rings. The summed E-state index contributed by atoms with van der Waals surface area (Å²) in [6.07, 6.45) is -6.01. The normalized spacial score (nSPS) is 43.3. The maximum atomic E-state index is 13.6. The van der Waals surface area contributed by atoms with Crippen molar-refractivity contribution in [1.82, 2.24) is 15.1 Å². The van der Waals surface area contributed by atoms with E-state index in [0.29, 0.717) is 12.8 Å². The molecule has 2 heterocycles. The summed E-state index contributed by atoms with van der Waals surface area (Å²) in [6, 6.07) is -1.74. The number of aliphatic hydroxyl groups excluding tert-OH is 3. The fourth-order valence-corrected chi connectivity index (χ4v) is 7.28. The average Bonchev–Trinajstić information content (AvgIpc) is 2.99. The summed E-state index contributed by atoms with van der Waals surface area (Å²) < 4.78 is 24.7. The predicted octanol–water partition coefficient (Wildman–Crippen LogP) is 2.12. The van der Waals surface area contributed by atoms with Crippen LogP contribution in [0.3, 0.4) is 0 Å². The molecule has 2 unspecified atom stereocenters. The van der Waals surface area contributed by atoms with E-state index in [1.165, 1.54) is 18.9 Å². The predicted molar refractivity (Wildman–Crippen MR) is 177 cm³/mol. The average molecular weight is 676 g/mol. The minimum absolute atomic E-state index is 0.171. The quantitative estimate of drug-likeness (QED) is 0.261. The molecule has 2 rings (SSSR count). The highest BCUT2D eigenvalue weighted by Crippen LogP contribution is 2.38. The summed E-state index contributed by atoms with van der Waals surface area (Å²) in [5.41, 5.74) is -3.04. The lowest BCUT2D eigenvalue weighted by molar-refractivity contribution is -0.301. The molecule has 47 heavy (non-hydrogen) atoms. The second-order valence-corrected chi connectivity index (χ2v) is 15.1. The van der Waals surface area contributed by atoms with Crippen LogP contribution in [-0.4, -0.2) is 142 Å². The van der Waals surface area contributed by atoms with E-state index in [1.54, 1.807) is 27.7 Å². The van der Waals surface area contributed by atoms with Crippen molar-refractivity contribution >= 4 is 12.0 Å². The van der Waals surface area contributed by atoms with Crippen molar-refractivity contribution in [2.24, 2.45) is 17.8 Å². The van der Waals surface area contributed by atoms with E-state index in [2.05, 4.69) is 5.32 Å². The zero-order valence-corrected chi connectivity index (χ0v) is 31.0. The smallest absolute Gasteiger partial charge is 0.317 e. The maximum absolute atomic E-state index is 13.6. The van der Waals surface area contributed by atoms with E-state index in [1.807, 2.05) is 53.6 Å². The van der Waals surface area contributed by atoms with Crippen LogP contribution < -0.4 is 5.32 Å². The number of rotatable bonds is 6. The molecule has 0 spiro atoms. The number of cyclic esters (lactones) is 1. The molecule has 2 fully saturated rings. The van der Waals surface area contributed by atoms with E-state index in [9.17, 15) is 30.0 Å². The number of esters is 1. The van der Waals surface area contributed by atoms with Crippen LogP contribution in [0.15, 0.2) is 0 Å². The highest BCUT2D eigenvalue weighted by molar-refractivity contribution is 5.75. The third-order valence-corrected chi connectivity index (χ3v) is 10.3. The van der Waals surface area contributed by atoms with Crippen LogP contribution in [0.25, 0.3) is 0 Å². The Labute approximate surface area is 282 Å². The molecule has 0 radical (unpaired) electrons. The Balaban J connectivity index is 2.69. The molecule has 276 valence electrons. The van der Waals surface area contributed by atoms with Gasteiger partial charge in [-0.05, 0) is 87.7 Å². The van der Waals surface area contributed by atoms with Crippen molar-refractivity contribution in [3.63, 3.8) is 0 Å². The maximum Gasteiger partial charge on any atom is 0.317 e. The monoisotopic (exact) mass is 675 g/mol. The van der Waals surface area contributed by atoms with Crippen LogP contribution in [0, 0.1) is 17.8 Å². The number of aliphatic hydroxyl groups is 4. The van der Waals surface area contributed by atoms with Crippen LogP contribution in [0.2, 0.25) is 0 Å². The van der Waals surface area contributed by atoms with Crippen LogP contribution in [0.5, 0.6) is 0 Å². The van der Waals surface area contributed by atoms with Gasteiger partial charge in [-0.25, -0.2) is 4.79 Å². The number of hydrogen-bond acceptors (Lipinski definition) is 11. The zero-order valence-electron chi connectivity index (χ0n) is 31.0.